The van der Waals surface area contributed by atoms with Gasteiger partial charge in [-0.25, -0.2) is 0 Å². The third-order valence-electron chi connectivity index (χ3n) is 4.16. The van der Waals surface area contributed by atoms with Crippen LogP contribution >= 0.6 is 0 Å². The SMILES string of the molecule is C=C/C1=C(C=C)/C(NCCC)=C(/N)c2ccccc2N(CC)C1. The highest BCUT2D eigenvalue weighted by Gasteiger charge is 2.21. The average molecular weight is 309 g/mol. The van der Waals surface area contributed by atoms with E-state index in [9.17, 15) is 0 Å². The number of anilines is 1. The Labute approximate surface area is 139 Å². The van der Waals surface area contributed by atoms with Gasteiger partial charge in [-0.3, -0.25) is 0 Å². The lowest BCUT2D eigenvalue weighted by molar-refractivity contribution is 0.774. The Hall–Kier alpha value is -2.42. The molecule has 0 aromatic heterocycles. The van der Waals surface area contributed by atoms with Crippen molar-refractivity contribution in [2.75, 3.05) is 24.5 Å². The van der Waals surface area contributed by atoms with E-state index in [1.165, 1.54) is 0 Å². The topological polar surface area (TPSA) is 41.3 Å². The lowest BCUT2D eigenvalue weighted by Crippen LogP contribution is -2.30. The summed E-state index contributed by atoms with van der Waals surface area (Å²) >= 11 is 0. The molecule has 1 aliphatic rings. The van der Waals surface area contributed by atoms with Crippen LogP contribution in [0.4, 0.5) is 5.69 Å². The number of hydrogen-bond donors (Lipinski definition) is 2. The highest BCUT2D eigenvalue weighted by molar-refractivity contribution is 5.81. The monoisotopic (exact) mass is 309 g/mol. The average Bonchev–Trinajstić information content (AvgIpc) is 2.59. The maximum absolute atomic E-state index is 6.57. The molecule has 0 saturated heterocycles. The predicted octanol–water partition coefficient (Wildman–Crippen LogP) is 3.82. The second-order valence-electron chi connectivity index (χ2n) is 5.59. The summed E-state index contributed by atoms with van der Waals surface area (Å²) < 4.78 is 0. The van der Waals surface area contributed by atoms with E-state index in [0.29, 0.717) is 0 Å². The molecule has 0 radical (unpaired) electrons. The van der Waals surface area contributed by atoms with Crippen molar-refractivity contribution in [3.8, 4) is 0 Å². The van der Waals surface area contributed by atoms with Gasteiger partial charge in [-0.2, -0.15) is 0 Å². The van der Waals surface area contributed by atoms with E-state index in [2.05, 4.69) is 55.4 Å². The minimum Gasteiger partial charge on any atom is -0.396 e. The number of nitrogens with two attached hydrogens (primary N) is 1. The number of para-hydroxylation sites is 1. The van der Waals surface area contributed by atoms with Crippen molar-refractivity contribution in [3.63, 3.8) is 0 Å². The molecule has 3 heteroatoms. The zero-order chi connectivity index (χ0) is 16.8. The van der Waals surface area contributed by atoms with Gasteiger partial charge in [-0.15, -0.1) is 0 Å². The van der Waals surface area contributed by atoms with Gasteiger partial charge in [0.25, 0.3) is 0 Å². The number of rotatable bonds is 6. The van der Waals surface area contributed by atoms with Crippen LogP contribution in [0, 0.1) is 0 Å². The summed E-state index contributed by atoms with van der Waals surface area (Å²) in [6, 6.07) is 8.30. The molecule has 1 aliphatic heterocycles. The van der Waals surface area contributed by atoms with Crippen molar-refractivity contribution in [2.45, 2.75) is 20.3 Å². The first-order valence-corrected chi connectivity index (χ1v) is 8.24. The quantitative estimate of drug-likeness (QED) is 0.839. The molecule has 0 fully saturated rings. The van der Waals surface area contributed by atoms with Crippen molar-refractivity contribution in [3.05, 3.63) is 72.0 Å². The van der Waals surface area contributed by atoms with Crippen LogP contribution in [0.1, 0.15) is 25.8 Å². The van der Waals surface area contributed by atoms with Crippen LogP contribution in [0.3, 0.4) is 0 Å². The largest absolute Gasteiger partial charge is 0.396 e. The van der Waals surface area contributed by atoms with Crippen LogP contribution < -0.4 is 16.0 Å². The molecule has 0 atom stereocenters. The third kappa shape index (κ3) is 3.34. The normalized spacial score (nSPS) is 21.2. The van der Waals surface area contributed by atoms with E-state index >= 15 is 0 Å². The summed E-state index contributed by atoms with van der Waals surface area (Å²) in [7, 11) is 0. The van der Waals surface area contributed by atoms with Gasteiger partial charge < -0.3 is 16.0 Å². The lowest BCUT2D eigenvalue weighted by atomic mass is 9.96. The van der Waals surface area contributed by atoms with Gasteiger partial charge in [0.15, 0.2) is 0 Å². The number of allylic oxidation sites excluding steroid dienone is 1. The predicted molar refractivity (Wildman–Crippen MR) is 101 cm³/mol. The fourth-order valence-corrected chi connectivity index (χ4v) is 2.92. The summed E-state index contributed by atoms with van der Waals surface area (Å²) in [6.45, 7) is 14.9. The zero-order valence-corrected chi connectivity index (χ0v) is 14.2. The molecule has 0 saturated carbocycles. The Morgan fingerprint density at radius 1 is 1.22 bits per heavy atom. The minimum absolute atomic E-state index is 0.765. The van der Waals surface area contributed by atoms with E-state index in [4.69, 9.17) is 5.73 Å². The van der Waals surface area contributed by atoms with Crippen LogP contribution in [0.2, 0.25) is 0 Å². The van der Waals surface area contributed by atoms with Crippen LogP contribution in [-0.2, 0) is 0 Å². The molecule has 3 N–H and O–H groups in total. The van der Waals surface area contributed by atoms with Crippen LogP contribution in [0.5, 0.6) is 0 Å². The first-order valence-electron chi connectivity index (χ1n) is 8.24. The molecule has 23 heavy (non-hydrogen) atoms. The Morgan fingerprint density at radius 2 is 1.96 bits per heavy atom. The minimum atomic E-state index is 0.765. The molecule has 1 aromatic rings. The van der Waals surface area contributed by atoms with Gasteiger partial charge >= 0.3 is 0 Å². The Balaban J connectivity index is 2.73. The molecule has 1 aromatic carbocycles. The van der Waals surface area contributed by atoms with Crippen LogP contribution in [0.25, 0.3) is 5.70 Å². The van der Waals surface area contributed by atoms with Gasteiger partial charge in [0.2, 0.25) is 0 Å². The number of hydrogen-bond acceptors (Lipinski definition) is 3. The van der Waals surface area contributed by atoms with Crippen molar-refractivity contribution >= 4 is 11.4 Å². The number of nitrogens with one attached hydrogen (secondary N) is 1. The van der Waals surface area contributed by atoms with E-state index in [1.54, 1.807) is 0 Å². The number of benzene rings is 1. The fourth-order valence-electron chi connectivity index (χ4n) is 2.92. The summed E-state index contributed by atoms with van der Waals surface area (Å²) in [5.74, 6) is 0. The Bertz CT molecular complexity index is 653. The van der Waals surface area contributed by atoms with Gasteiger partial charge in [0.05, 0.1) is 11.4 Å². The number of likely N-dealkylation sites (N-methyl/N-ethyl adjacent to an activating group) is 1. The van der Waals surface area contributed by atoms with E-state index < -0.39 is 0 Å². The van der Waals surface area contributed by atoms with Crippen LogP contribution in [0.15, 0.2) is 66.4 Å². The first kappa shape index (κ1) is 16.9. The highest BCUT2D eigenvalue weighted by atomic mass is 15.1. The van der Waals surface area contributed by atoms with Gasteiger partial charge in [0, 0.05) is 36.5 Å². The van der Waals surface area contributed by atoms with Crippen molar-refractivity contribution in [1.29, 1.82) is 0 Å². The number of fused-ring (bicyclic) bond motifs is 1. The molecule has 0 aliphatic carbocycles. The van der Waals surface area contributed by atoms with E-state index in [0.717, 1.165) is 59.8 Å². The summed E-state index contributed by atoms with van der Waals surface area (Å²) in [4.78, 5) is 2.32. The summed E-state index contributed by atoms with van der Waals surface area (Å²) in [5, 5.41) is 3.49. The van der Waals surface area contributed by atoms with Gasteiger partial charge in [-0.05, 0) is 25.0 Å². The molecular formula is C20H27N3. The van der Waals surface area contributed by atoms with E-state index in [1.807, 2.05) is 18.2 Å². The molecule has 122 valence electrons. The van der Waals surface area contributed by atoms with Crippen molar-refractivity contribution in [1.82, 2.24) is 5.32 Å². The van der Waals surface area contributed by atoms with Crippen molar-refractivity contribution < 1.29 is 0 Å². The second kappa shape index (κ2) is 7.73. The molecule has 0 bridgehead atoms. The number of nitrogens with zero attached hydrogens (tertiary/aromatic N) is 1. The van der Waals surface area contributed by atoms with E-state index in [-0.39, 0.29) is 0 Å². The van der Waals surface area contributed by atoms with Gasteiger partial charge in [-0.1, -0.05) is 50.4 Å². The van der Waals surface area contributed by atoms with Gasteiger partial charge in [0.1, 0.15) is 0 Å². The first-order chi connectivity index (χ1) is 11.2. The Morgan fingerprint density at radius 3 is 2.57 bits per heavy atom. The molecule has 3 nitrogen and oxygen atoms in total. The lowest BCUT2D eigenvalue weighted by Gasteiger charge is -2.31. The molecule has 1 heterocycles. The fraction of sp³-hybridized carbons (Fsp3) is 0.300. The smallest absolute Gasteiger partial charge is 0.0657 e. The highest BCUT2D eigenvalue weighted by Crippen LogP contribution is 2.32. The standard InChI is InChI=1S/C20H27N3/c1-5-13-22-20-16(7-3)15(6-2)14-23(8-4)18-12-10-9-11-17(18)19(20)21/h6-7,9-12,22H,2-3,5,8,13-14,21H2,1,4H3/b16-15-,20-19-. The third-order valence-corrected chi connectivity index (χ3v) is 4.16. The second-order valence-corrected chi connectivity index (χ2v) is 5.59. The van der Waals surface area contributed by atoms with Crippen LogP contribution in [-0.4, -0.2) is 19.6 Å². The van der Waals surface area contributed by atoms with Crippen molar-refractivity contribution in [2.24, 2.45) is 5.73 Å². The maximum Gasteiger partial charge on any atom is 0.0657 e. The summed E-state index contributed by atoms with van der Waals surface area (Å²) in [6.07, 6.45) is 4.82. The molecule has 0 amide bonds. The molecule has 0 unspecified atom stereocenters. The molecular weight excluding hydrogens is 282 g/mol. The molecule has 0 spiro atoms. The summed E-state index contributed by atoms with van der Waals surface area (Å²) in [5.41, 5.74) is 12.7. The Kier molecular flexibility index (Phi) is 5.69. The zero-order valence-electron chi connectivity index (χ0n) is 14.2. The maximum atomic E-state index is 6.57. The molecule has 2 rings (SSSR count).